The van der Waals surface area contributed by atoms with Gasteiger partial charge in [-0.2, -0.15) is 5.10 Å². The molecular weight excluding hydrogens is 382 g/mol. The number of esters is 1. The third kappa shape index (κ3) is 4.37. The number of fused-ring (bicyclic) bond motifs is 1. The molecule has 0 radical (unpaired) electrons. The SMILES string of the molecule is Cc1ccc(Cl)cc1NC(=O)[C@H](C)OC(=O)Cc1n[nH]c(=O)c2ccccc12. The van der Waals surface area contributed by atoms with Crippen LogP contribution in [0, 0.1) is 6.92 Å². The number of anilines is 1. The molecule has 1 atom stereocenters. The van der Waals surface area contributed by atoms with E-state index in [1.807, 2.05) is 6.92 Å². The Balaban J connectivity index is 1.68. The predicted octanol–water partition coefficient (Wildman–Crippen LogP) is 3.00. The van der Waals surface area contributed by atoms with Gasteiger partial charge in [0.15, 0.2) is 6.10 Å². The van der Waals surface area contributed by atoms with Crippen molar-refractivity contribution in [2.75, 3.05) is 5.32 Å². The third-order valence-corrected chi connectivity index (χ3v) is 4.46. The molecule has 1 heterocycles. The van der Waals surface area contributed by atoms with Crippen LogP contribution >= 0.6 is 11.6 Å². The molecule has 0 spiro atoms. The number of nitrogens with zero attached hydrogens (tertiary/aromatic N) is 1. The Kier molecular flexibility index (Phi) is 5.75. The standard InChI is InChI=1S/C20H18ClN3O4/c1-11-7-8-13(21)9-16(11)22-19(26)12(2)28-18(25)10-17-14-5-3-4-6-15(14)20(27)24-23-17/h3-9,12H,10H2,1-2H3,(H,22,26)(H,24,27)/t12-/m0/s1. The zero-order valence-corrected chi connectivity index (χ0v) is 16.0. The molecule has 8 heteroatoms. The first kappa shape index (κ1) is 19.6. The van der Waals surface area contributed by atoms with E-state index in [9.17, 15) is 14.4 Å². The number of rotatable bonds is 5. The van der Waals surface area contributed by atoms with E-state index in [0.29, 0.717) is 27.2 Å². The van der Waals surface area contributed by atoms with Crippen molar-refractivity contribution in [1.29, 1.82) is 0 Å². The van der Waals surface area contributed by atoms with E-state index >= 15 is 0 Å². The number of H-pyrrole nitrogens is 1. The highest BCUT2D eigenvalue weighted by molar-refractivity contribution is 6.31. The second kappa shape index (κ2) is 8.22. The van der Waals surface area contributed by atoms with Gasteiger partial charge >= 0.3 is 5.97 Å². The number of carbonyl (C=O) groups is 2. The van der Waals surface area contributed by atoms with Crippen LogP contribution in [0.5, 0.6) is 0 Å². The van der Waals surface area contributed by atoms with Crippen molar-refractivity contribution in [1.82, 2.24) is 10.2 Å². The Labute approximate surface area is 165 Å². The number of hydrogen-bond acceptors (Lipinski definition) is 5. The zero-order valence-electron chi connectivity index (χ0n) is 15.3. The van der Waals surface area contributed by atoms with Gasteiger partial charge in [-0.1, -0.05) is 35.9 Å². The van der Waals surface area contributed by atoms with Crippen LogP contribution in [0.1, 0.15) is 18.2 Å². The van der Waals surface area contributed by atoms with Crippen LogP contribution in [0.4, 0.5) is 5.69 Å². The van der Waals surface area contributed by atoms with Crippen molar-refractivity contribution in [3.63, 3.8) is 0 Å². The largest absolute Gasteiger partial charge is 0.452 e. The summed E-state index contributed by atoms with van der Waals surface area (Å²) < 4.78 is 5.22. The summed E-state index contributed by atoms with van der Waals surface area (Å²) in [6, 6.07) is 12.0. The number of amides is 1. The van der Waals surface area contributed by atoms with Gasteiger partial charge in [0.05, 0.1) is 17.5 Å². The number of aryl methyl sites for hydroxylation is 1. The molecule has 0 saturated carbocycles. The molecule has 3 aromatic rings. The van der Waals surface area contributed by atoms with Crippen LogP contribution in [0.15, 0.2) is 47.3 Å². The second-order valence-corrected chi connectivity index (χ2v) is 6.74. The highest BCUT2D eigenvalue weighted by Gasteiger charge is 2.20. The zero-order chi connectivity index (χ0) is 20.3. The predicted molar refractivity (Wildman–Crippen MR) is 106 cm³/mol. The fourth-order valence-electron chi connectivity index (χ4n) is 2.70. The van der Waals surface area contributed by atoms with E-state index in [4.69, 9.17) is 16.3 Å². The number of halogens is 1. The van der Waals surface area contributed by atoms with Crippen LogP contribution in [-0.2, 0) is 20.7 Å². The molecule has 2 aromatic carbocycles. The average molecular weight is 400 g/mol. The van der Waals surface area contributed by atoms with E-state index in [0.717, 1.165) is 5.56 Å². The molecular formula is C20H18ClN3O4. The Morgan fingerprint density at radius 3 is 2.68 bits per heavy atom. The average Bonchev–Trinajstić information content (AvgIpc) is 2.67. The molecule has 0 saturated heterocycles. The lowest BCUT2D eigenvalue weighted by Crippen LogP contribution is -2.31. The number of ether oxygens (including phenoxy) is 1. The molecule has 0 aliphatic heterocycles. The van der Waals surface area contributed by atoms with Gasteiger partial charge in [0.1, 0.15) is 0 Å². The first-order valence-electron chi connectivity index (χ1n) is 8.58. The minimum atomic E-state index is -1.01. The summed E-state index contributed by atoms with van der Waals surface area (Å²) in [6.07, 6.45) is -1.19. The maximum atomic E-state index is 12.3. The van der Waals surface area contributed by atoms with Gasteiger partial charge in [-0.05, 0) is 37.6 Å². The lowest BCUT2D eigenvalue weighted by atomic mass is 10.1. The van der Waals surface area contributed by atoms with Crippen LogP contribution < -0.4 is 10.9 Å². The molecule has 0 bridgehead atoms. The maximum absolute atomic E-state index is 12.3. The Morgan fingerprint density at radius 2 is 1.93 bits per heavy atom. The number of aromatic amines is 1. The van der Waals surface area contributed by atoms with Gasteiger partial charge in [-0.25, -0.2) is 5.10 Å². The Morgan fingerprint density at radius 1 is 1.21 bits per heavy atom. The Bertz CT molecular complexity index is 1110. The smallest absolute Gasteiger partial charge is 0.312 e. The third-order valence-electron chi connectivity index (χ3n) is 4.22. The molecule has 28 heavy (non-hydrogen) atoms. The van der Waals surface area contributed by atoms with Crippen molar-refractivity contribution in [3.05, 3.63) is 69.1 Å². The molecule has 0 fully saturated rings. The minimum Gasteiger partial charge on any atom is -0.452 e. The van der Waals surface area contributed by atoms with E-state index in [1.165, 1.54) is 6.92 Å². The van der Waals surface area contributed by atoms with Crippen LogP contribution in [0.3, 0.4) is 0 Å². The van der Waals surface area contributed by atoms with Gasteiger partial charge in [-0.3, -0.25) is 14.4 Å². The number of nitrogens with one attached hydrogen (secondary N) is 2. The van der Waals surface area contributed by atoms with Gasteiger partial charge < -0.3 is 10.1 Å². The summed E-state index contributed by atoms with van der Waals surface area (Å²) in [5.41, 5.74) is 1.42. The highest BCUT2D eigenvalue weighted by Crippen LogP contribution is 2.20. The summed E-state index contributed by atoms with van der Waals surface area (Å²) in [4.78, 5) is 36.4. The van der Waals surface area contributed by atoms with Crippen LogP contribution in [-0.4, -0.2) is 28.2 Å². The maximum Gasteiger partial charge on any atom is 0.312 e. The second-order valence-electron chi connectivity index (χ2n) is 6.30. The molecule has 7 nitrogen and oxygen atoms in total. The number of carbonyl (C=O) groups excluding carboxylic acids is 2. The van der Waals surface area contributed by atoms with E-state index in [2.05, 4.69) is 15.5 Å². The van der Waals surface area contributed by atoms with Crippen molar-refractivity contribution in [2.45, 2.75) is 26.4 Å². The topological polar surface area (TPSA) is 101 Å². The molecule has 2 N–H and O–H groups in total. The van der Waals surface area contributed by atoms with Crippen molar-refractivity contribution >= 4 is 39.9 Å². The summed E-state index contributed by atoms with van der Waals surface area (Å²) in [7, 11) is 0. The first-order chi connectivity index (χ1) is 13.3. The number of hydrogen-bond donors (Lipinski definition) is 2. The molecule has 0 unspecified atom stereocenters. The van der Waals surface area contributed by atoms with Gasteiger partial charge in [-0.15, -0.1) is 0 Å². The van der Waals surface area contributed by atoms with Crippen molar-refractivity contribution < 1.29 is 14.3 Å². The molecule has 0 aliphatic rings. The highest BCUT2D eigenvalue weighted by atomic mass is 35.5. The lowest BCUT2D eigenvalue weighted by molar-refractivity contribution is -0.152. The molecule has 1 amide bonds. The molecule has 3 rings (SSSR count). The van der Waals surface area contributed by atoms with Crippen molar-refractivity contribution in [3.8, 4) is 0 Å². The van der Waals surface area contributed by atoms with Crippen LogP contribution in [0.25, 0.3) is 10.8 Å². The monoisotopic (exact) mass is 399 g/mol. The number of aromatic nitrogens is 2. The summed E-state index contributed by atoms with van der Waals surface area (Å²) in [6.45, 7) is 3.31. The van der Waals surface area contributed by atoms with Crippen molar-refractivity contribution in [2.24, 2.45) is 0 Å². The van der Waals surface area contributed by atoms with Gasteiger partial charge in [0, 0.05) is 16.1 Å². The first-order valence-corrected chi connectivity index (χ1v) is 8.95. The minimum absolute atomic E-state index is 0.175. The van der Waals surface area contributed by atoms with Gasteiger partial charge in [0.25, 0.3) is 11.5 Å². The summed E-state index contributed by atoms with van der Waals surface area (Å²) in [5.74, 6) is -1.10. The Hall–Kier alpha value is -3.19. The summed E-state index contributed by atoms with van der Waals surface area (Å²) in [5, 5.41) is 10.5. The summed E-state index contributed by atoms with van der Waals surface area (Å²) >= 11 is 5.94. The fraction of sp³-hybridized carbons (Fsp3) is 0.200. The number of benzene rings is 2. The quantitative estimate of drug-likeness (QED) is 0.642. The molecule has 144 valence electrons. The van der Waals surface area contributed by atoms with Gasteiger partial charge in [0.2, 0.25) is 0 Å². The fourth-order valence-corrected chi connectivity index (χ4v) is 2.87. The normalized spacial score (nSPS) is 11.8. The van der Waals surface area contributed by atoms with E-state index in [1.54, 1.807) is 42.5 Å². The van der Waals surface area contributed by atoms with E-state index in [-0.39, 0.29) is 12.0 Å². The van der Waals surface area contributed by atoms with E-state index < -0.39 is 18.0 Å². The molecule has 1 aromatic heterocycles. The molecule has 0 aliphatic carbocycles. The lowest BCUT2D eigenvalue weighted by Gasteiger charge is -2.15. The van der Waals surface area contributed by atoms with Crippen LogP contribution in [0.2, 0.25) is 5.02 Å².